The van der Waals surface area contributed by atoms with E-state index in [1.165, 1.54) is 24.3 Å². The Morgan fingerprint density at radius 2 is 1.16 bits per heavy atom. The second kappa shape index (κ2) is 12.4. The van der Waals surface area contributed by atoms with Crippen LogP contribution in [0.5, 0.6) is 0 Å². The highest BCUT2D eigenvalue weighted by molar-refractivity contribution is 7.86. The number of carbonyl (C=O) groups is 2. The number of alkyl halides is 2. The van der Waals surface area contributed by atoms with Crippen molar-refractivity contribution in [3.63, 3.8) is 0 Å². The summed E-state index contributed by atoms with van der Waals surface area (Å²) in [7, 11) is -4.39. The summed E-state index contributed by atoms with van der Waals surface area (Å²) in [6.45, 7) is -0.774. The molecule has 1 fully saturated rings. The van der Waals surface area contributed by atoms with Crippen molar-refractivity contribution < 1.29 is 45.2 Å². The summed E-state index contributed by atoms with van der Waals surface area (Å²) in [5.41, 5.74) is 3.56. The van der Waals surface area contributed by atoms with Crippen LogP contribution in [-0.2, 0) is 28.5 Å². The molecule has 0 aromatic heterocycles. The first-order valence-corrected chi connectivity index (χ1v) is 14.9. The van der Waals surface area contributed by atoms with Crippen molar-refractivity contribution in [1.29, 1.82) is 0 Å². The maximum Gasteiger partial charge on any atom is 0.338 e. The molecule has 0 bridgehead atoms. The highest BCUT2D eigenvalue weighted by Crippen LogP contribution is 2.40. The van der Waals surface area contributed by atoms with Crippen LogP contribution in [0.1, 0.15) is 20.7 Å². The van der Waals surface area contributed by atoms with Gasteiger partial charge in [-0.1, -0.05) is 84.9 Å². The minimum atomic E-state index is -4.39. The van der Waals surface area contributed by atoms with Gasteiger partial charge in [-0.25, -0.2) is 13.8 Å². The fourth-order valence-corrected chi connectivity index (χ4v) is 5.00. The first-order chi connectivity index (χ1) is 20.5. The summed E-state index contributed by atoms with van der Waals surface area (Å²) in [5, 5.41) is 0. The van der Waals surface area contributed by atoms with Crippen LogP contribution >= 0.6 is 0 Å². The third kappa shape index (κ3) is 7.14. The zero-order valence-corrected chi connectivity index (χ0v) is 23.6. The highest BCUT2D eigenvalue weighted by Gasteiger charge is 2.63. The Labute approximate surface area is 246 Å². The van der Waals surface area contributed by atoms with Gasteiger partial charge in [0.15, 0.2) is 0 Å². The van der Waals surface area contributed by atoms with E-state index in [-0.39, 0.29) is 11.1 Å². The van der Waals surface area contributed by atoms with E-state index in [0.717, 1.165) is 22.3 Å². The molecule has 0 amide bonds. The van der Waals surface area contributed by atoms with Crippen molar-refractivity contribution in [3.05, 3.63) is 120 Å². The van der Waals surface area contributed by atoms with Crippen LogP contribution in [0.3, 0.4) is 0 Å². The molecular formula is C32H26F2O8S. The predicted molar refractivity (Wildman–Crippen MR) is 153 cm³/mol. The average Bonchev–Trinajstić information content (AvgIpc) is 3.23. The Morgan fingerprint density at radius 1 is 0.721 bits per heavy atom. The average molecular weight is 609 g/mol. The summed E-state index contributed by atoms with van der Waals surface area (Å²) in [6.07, 6.45) is -6.08. The second-order valence-corrected chi connectivity index (χ2v) is 11.4. The Hall–Kier alpha value is -4.45. The summed E-state index contributed by atoms with van der Waals surface area (Å²) in [5.74, 6) is -6.06. The third-order valence-electron chi connectivity index (χ3n) is 6.66. The molecule has 0 unspecified atom stereocenters. The molecule has 0 aliphatic carbocycles. The van der Waals surface area contributed by atoms with Gasteiger partial charge in [0.2, 0.25) is 12.4 Å². The number of hydrogen-bond donors (Lipinski definition) is 0. The van der Waals surface area contributed by atoms with Gasteiger partial charge in [0.25, 0.3) is 10.1 Å². The number of ether oxygens (including phenoxy) is 3. The van der Waals surface area contributed by atoms with Crippen molar-refractivity contribution in [2.45, 2.75) is 24.4 Å². The molecule has 1 aliphatic heterocycles. The van der Waals surface area contributed by atoms with E-state index in [2.05, 4.69) is 4.18 Å². The lowest BCUT2D eigenvalue weighted by molar-refractivity contribution is -0.183. The lowest BCUT2D eigenvalue weighted by Crippen LogP contribution is -2.45. The van der Waals surface area contributed by atoms with Gasteiger partial charge in [0, 0.05) is 0 Å². The van der Waals surface area contributed by atoms with Crippen LogP contribution in [0.4, 0.5) is 8.78 Å². The van der Waals surface area contributed by atoms with Crippen molar-refractivity contribution >= 4 is 22.1 Å². The van der Waals surface area contributed by atoms with E-state index in [1.54, 1.807) is 24.3 Å². The van der Waals surface area contributed by atoms with Gasteiger partial charge in [-0.2, -0.15) is 17.2 Å². The maximum absolute atomic E-state index is 15.3. The Kier molecular flexibility index (Phi) is 8.67. The van der Waals surface area contributed by atoms with Crippen LogP contribution in [-0.4, -0.2) is 57.6 Å². The Morgan fingerprint density at radius 3 is 1.63 bits per heavy atom. The van der Waals surface area contributed by atoms with Crippen molar-refractivity contribution in [2.75, 3.05) is 12.9 Å². The zero-order valence-electron chi connectivity index (χ0n) is 22.8. The molecule has 222 valence electrons. The van der Waals surface area contributed by atoms with Crippen LogP contribution < -0.4 is 0 Å². The Balaban J connectivity index is 1.30. The van der Waals surface area contributed by atoms with Gasteiger partial charge < -0.3 is 14.2 Å². The third-order valence-corrected chi connectivity index (χ3v) is 7.18. The van der Waals surface area contributed by atoms with Gasteiger partial charge in [-0.15, -0.1) is 0 Å². The summed E-state index contributed by atoms with van der Waals surface area (Å²) in [6, 6.07) is 31.3. The molecule has 0 radical (unpaired) electrons. The van der Waals surface area contributed by atoms with Gasteiger partial charge in [-0.05, 0) is 46.5 Å². The van der Waals surface area contributed by atoms with Crippen molar-refractivity contribution in [1.82, 2.24) is 0 Å². The fraction of sp³-hybridized carbons (Fsp3) is 0.188. The molecule has 11 heteroatoms. The molecule has 1 saturated heterocycles. The van der Waals surface area contributed by atoms with Gasteiger partial charge >= 0.3 is 17.9 Å². The molecule has 8 nitrogen and oxygen atoms in total. The predicted octanol–water partition coefficient (Wildman–Crippen LogP) is 5.74. The van der Waals surface area contributed by atoms with E-state index in [0.29, 0.717) is 6.26 Å². The van der Waals surface area contributed by atoms with E-state index >= 15 is 8.78 Å². The minimum absolute atomic E-state index is 0.0304. The van der Waals surface area contributed by atoms with E-state index < -0.39 is 53.1 Å². The number of rotatable bonds is 9. The zero-order chi connectivity index (χ0) is 30.6. The number of carbonyl (C=O) groups excluding carboxylic acids is 2. The molecule has 0 N–H and O–H groups in total. The van der Waals surface area contributed by atoms with Gasteiger partial charge in [-0.3, -0.25) is 0 Å². The SMILES string of the molecule is CS(=O)(=O)O[C@@H]1O[C@H](COC(=O)c2ccc(-c3ccccc3)cc2)[C@@H](OC(=O)c2ccc(-c3ccccc3)cc2)C1(F)F. The smallest absolute Gasteiger partial charge is 0.338 e. The highest BCUT2D eigenvalue weighted by atomic mass is 32.2. The van der Waals surface area contributed by atoms with Crippen molar-refractivity contribution in [3.8, 4) is 22.3 Å². The molecule has 43 heavy (non-hydrogen) atoms. The topological polar surface area (TPSA) is 105 Å². The Bertz CT molecular complexity index is 1680. The van der Waals surface area contributed by atoms with E-state index in [9.17, 15) is 18.0 Å². The summed E-state index contributed by atoms with van der Waals surface area (Å²) in [4.78, 5) is 25.6. The van der Waals surface area contributed by atoms with Gasteiger partial charge in [0.1, 0.15) is 12.7 Å². The molecule has 3 atom stereocenters. The number of hydrogen-bond acceptors (Lipinski definition) is 8. The fourth-order valence-electron chi connectivity index (χ4n) is 4.51. The lowest BCUT2D eigenvalue weighted by atomic mass is 10.0. The second-order valence-electron chi connectivity index (χ2n) is 9.79. The minimum Gasteiger partial charge on any atom is -0.459 e. The van der Waals surface area contributed by atoms with Crippen LogP contribution in [0.2, 0.25) is 0 Å². The first kappa shape index (κ1) is 30.0. The molecule has 0 saturated carbocycles. The van der Waals surface area contributed by atoms with Crippen LogP contribution in [0.15, 0.2) is 109 Å². The van der Waals surface area contributed by atoms with Crippen molar-refractivity contribution in [2.24, 2.45) is 0 Å². The molecule has 4 aromatic carbocycles. The number of halogens is 2. The summed E-state index contributed by atoms with van der Waals surface area (Å²) >= 11 is 0. The molecule has 5 rings (SSSR count). The normalized spacial score (nSPS) is 19.5. The maximum atomic E-state index is 15.3. The van der Waals surface area contributed by atoms with Crippen LogP contribution in [0, 0.1) is 0 Å². The molecule has 4 aromatic rings. The van der Waals surface area contributed by atoms with E-state index in [4.69, 9.17) is 14.2 Å². The number of benzene rings is 4. The van der Waals surface area contributed by atoms with Gasteiger partial charge in [0.05, 0.1) is 17.4 Å². The molecule has 1 aliphatic rings. The molecule has 1 heterocycles. The lowest BCUT2D eigenvalue weighted by Gasteiger charge is -2.23. The largest absolute Gasteiger partial charge is 0.459 e. The quantitative estimate of drug-likeness (QED) is 0.175. The molecular weight excluding hydrogens is 582 g/mol. The number of esters is 2. The first-order valence-electron chi connectivity index (χ1n) is 13.1. The summed E-state index contributed by atoms with van der Waals surface area (Å²) < 4.78 is 73.9. The standard InChI is InChI=1S/C32H26F2O8S/c1-43(37,38)42-31-32(33,34)28(41-30(36)26-18-14-24(15-19-26)22-10-6-3-7-11-22)27(40-31)20-39-29(35)25-16-12-23(13-17-25)21-8-4-2-5-9-21/h2-19,27-28,31H,20H2,1H3/t27-,28-,31+/m1/s1. The molecule has 0 spiro atoms. The van der Waals surface area contributed by atoms with Crippen LogP contribution in [0.25, 0.3) is 22.3 Å². The van der Waals surface area contributed by atoms with E-state index in [1.807, 2.05) is 60.7 Å². The monoisotopic (exact) mass is 608 g/mol.